The van der Waals surface area contributed by atoms with Gasteiger partial charge in [0.05, 0.1) is 5.75 Å². The number of nitrogens with one attached hydrogen (secondary N) is 1. The predicted octanol–water partition coefficient (Wildman–Crippen LogP) is 2.19. The van der Waals surface area contributed by atoms with E-state index in [4.69, 9.17) is 11.6 Å². The number of rotatable bonds is 5. The van der Waals surface area contributed by atoms with Crippen LogP contribution in [0.2, 0.25) is 5.02 Å². The summed E-state index contributed by atoms with van der Waals surface area (Å²) in [5.74, 6) is -1.36. The Balaban J connectivity index is 2.77. The van der Waals surface area contributed by atoms with E-state index in [9.17, 15) is 13.2 Å². The highest BCUT2D eigenvalue weighted by atomic mass is 35.5. The molecule has 0 bridgehead atoms. The fourth-order valence-electron chi connectivity index (χ4n) is 1.37. The Morgan fingerprint density at radius 2 is 2.17 bits per heavy atom. The molecule has 0 aliphatic heterocycles. The summed E-state index contributed by atoms with van der Waals surface area (Å²) in [4.78, 5) is 11.6. The Bertz CT molecular complexity index is 567. The van der Waals surface area contributed by atoms with Gasteiger partial charge < -0.3 is 5.32 Å². The molecule has 6 heteroatoms. The van der Waals surface area contributed by atoms with Gasteiger partial charge in [0.1, 0.15) is 5.75 Å². The van der Waals surface area contributed by atoms with Gasteiger partial charge in [-0.2, -0.15) is 0 Å². The summed E-state index contributed by atoms with van der Waals surface area (Å²) >= 11 is 5.90. The molecule has 1 aromatic rings. The highest BCUT2D eigenvalue weighted by Crippen LogP contribution is 2.22. The Kier molecular flexibility index (Phi) is 4.93. The summed E-state index contributed by atoms with van der Waals surface area (Å²) in [5, 5.41) is 3.04. The molecule has 0 radical (unpaired) electrons. The SMILES string of the molecule is C=CCS(=O)(=O)CC(=O)Nc1cccc(Cl)c1C. The second kappa shape index (κ2) is 6.02. The molecule has 0 fully saturated rings. The monoisotopic (exact) mass is 287 g/mol. The lowest BCUT2D eigenvalue weighted by Crippen LogP contribution is -2.24. The molecule has 0 aliphatic carbocycles. The molecule has 98 valence electrons. The molecule has 0 spiro atoms. The average Bonchev–Trinajstić information content (AvgIpc) is 2.23. The molecule has 1 N–H and O–H groups in total. The van der Waals surface area contributed by atoms with E-state index in [2.05, 4.69) is 11.9 Å². The Labute approximate surface area is 112 Å². The number of halogens is 1. The van der Waals surface area contributed by atoms with Crippen molar-refractivity contribution in [3.8, 4) is 0 Å². The average molecular weight is 288 g/mol. The molecule has 0 aliphatic rings. The number of sulfone groups is 1. The molecule has 0 aromatic heterocycles. The van der Waals surface area contributed by atoms with Crippen molar-refractivity contribution in [3.63, 3.8) is 0 Å². The molecule has 0 atom stereocenters. The summed E-state index contributed by atoms with van der Waals surface area (Å²) in [6, 6.07) is 5.05. The fraction of sp³-hybridized carbons (Fsp3) is 0.250. The van der Waals surface area contributed by atoms with E-state index >= 15 is 0 Å². The molecular formula is C12H14ClNO3S. The van der Waals surface area contributed by atoms with Crippen LogP contribution in [-0.4, -0.2) is 25.8 Å². The number of carbonyl (C=O) groups is 1. The van der Waals surface area contributed by atoms with Gasteiger partial charge in [0, 0.05) is 10.7 Å². The third-order valence-corrected chi connectivity index (χ3v) is 4.12. The van der Waals surface area contributed by atoms with Crippen LogP contribution in [0.5, 0.6) is 0 Å². The third-order valence-electron chi connectivity index (χ3n) is 2.26. The summed E-state index contributed by atoms with van der Waals surface area (Å²) in [6.45, 7) is 5.08. The van der Waals surface area contributed by atoms with Gasteiger partial charge in [-0.1, -0.05) is 23.7 Å². The van der Waals surface area contributed by atoms with Crippen molar-refractivity contribution >= 4 is 33.0 Å². The maximum Gasteiger partial charge on any atom is 0.239 e. The minimum absolute atomic E-state index is 0.213. The van der Waals surface area contributed by atoms with Gasteiger partial charge in [-0.15, -0.1) is 6.58 Å². The molecule has 4 nitrogen and oxygen atoms in total. The lowest BCUT2D eigenvalue weighted by molar-refractivity contribution is -0.113. The topological polar surface area (TPSA) is 63.2 Å². The zero-order valence-electron chi connectivity index (χ0n) is 9.94. The van der Waals surface area contributed by atoms with Crippen molar-refractivity contribution in [1.29, 1.82) is 0 Å². The summed E-state index contributed by atoms with van der Waals surface area (Å²) in [6.07, 6.45) is 1.26. The van der Waals surface area contributed by atoms with E-state index in [0.29, 0.717) is 16.3 Å². The Hall–Kier alpha value is -1.33. The largest absolute Gasteiger partial charge is 0.325 e. The fourth-order valence-corrected chi connectivity index (χ4v) is 2.49. The standard InChI is InChI=1S/C12H14ClNO3S/c1-3-7-18(16,17)8-12(15)14-11-6-4-5-10(13)9(11)2/h3-6H,1,7-8H2,2H3,(H,14,15). The summed E-state index contributed by atoms with van der Waals surface area (Å²) < 4.78 is 22.8. The second-order valence-corrected chi connectivity index (χ2v) is 6.32. The van der Waals surface area contributed by atoms with Gasteiger partial charge in [0.2, 0.25) is 5.91 Å². The van der Waals surface area contributed by atoms with Crippen LogP contribution < -0.4 is 5.32 Å². The van der Waals surface area contributed by atoms with E-state index in [1.54, 1.807) is 25.1 Å². The van der Waals surface area contributed by atoms with Crippen LogP contribution in [0, 0.1) is 6.92 Å². The van der Waals surface area contributed by atoms with Crippen LogP contribution in [0.1, 0.15) is 5.56 Å². The molecule has 0 saturated carbocycles. The maximum absolute atomic E-state index is 11.6. The first-order chi connectivity index (χ1) is 8.35. The van der Waals surface area contributed by atoms with E-state index in [0.717, 1.165) is 0 Å². The van der Waals surface area contributed by atoms with Crippen molar-refractivity contribution < 1.29 is 13.2 Å². The van der Waals surface area contributed by atoms with Crippen molar-refractivity contribution in [1.82, 2.24) is 0 Å². The molecular weight excluding hydrogens is 274 g/mol. The summed E-state index contributed by atoms with van der Waals surface area (Å²) in [5.41, 5.74) is 1.22. The van der Waals surface area contributed by atoms with Crippen LogP contribution in [0.25, 0.3) is 0 Å². The van der Waals surface area contributed by atoms with E-state index in [1.165, 1.54) is 6.08 Å². The smallest absolute Gasteiger partial charge is 0.239 e. The number of amides is 1. The van der Waals surface area contributed by atoms with E-state index in [1.807, 2.05) is 0 Å². The van der Waals surface area contributed by atoms with Crippen LogP contribution in [0.4, 0.5) is 5.69 Å². The zero-order chi connectivity index (χ0) is 13.8. The van der Waals surface area contributed by atoms with Gasteiger partial charge in [-0.05, 0) is 24.6 Å². The van der Waals surface area contributed by atoms with Crippen LogP contribution in [-0.2, 0) is 14.6 Å². The first-order valence-electron chi connectivity index (χ1n) is 5.22. The molecule has 0 unspecified atom stereocenters. The number of hydrogen-bond acceptors (Lipinski definition) is 3. The van der Waals surface area contributed by atoms with Gasteiger partial charge in [0.15, 0.2) is 9.84 Å². The minimum atomic E-state index is -3.44. The number of hydrogen-bond donors (Lipinski definition) is 1. The van der Waals surface area contributed by atoms with Gasteiger partial charge in [-0.25, -0.2) is 8.42 Å². The van der Waals surface area contributed by atoms with E-state index in [-0.39, 0.29) is 5.75 Å². The molecule has 18 heavy (non-hydrogen) atoms. The van der Waals surface area contributed by atoms with E-state index < -0.39 is 21.5 Å². The second-order valence-electron chi connectivity index (χ2n) is 3.80. The third kappa shape index (κ3) is 4.16. The minimum Gasteiger partial charge on any atom is -0.325 e. The first-order valence-corrected chi connectivity index (χ1v) is 7.42. The van der Waals surface area contributed by atoms with Crippen molar-refractivity contribution in [2.45, 2.75) is 6.92 Å². The van der Waals surface area contributed by atoms with Gasteiger partial charge in [0.25, 0.3) is 0 Å². The molecule has 0 heterocycles. The van der Waals surface area contributed by atoms with Crippen molar-refractivity contribution in [2.75, 3.05) is 16.8 Å². The summed E-state index contributed by atoms with van der Waals surface area (Å²) in [7, 11) is -3.44. The van der Waals surface area contributed by atoms with Crippen LogP contribution in [0.3, 0.4) is 0 Å². The quantitative estimate of drug-likeness (QED) is 0.844. The number of benzene rings is 1. The Morgan fingerprint density at radius 3 is 2.78 bits per heavy atom. The lowest BCUT2D eigenvalue weighted by atomic mass is 10.2. The maximum atomic E-state index is 11.6. The molecule has 1 amide bonds. The first kappa shape index (κ1) is 14.7. The van der Waals surface area contributed by atoms with Crippen molar-refractivity contribution in [2.24, 2.45) is 0 Å². The highest BCUT2D eigenvalue weighted by Gasteiger charge is 2.15. The Morgan fingerprint density at radius 1 is 1.50 bits per heavy atom. The normalized spacial score (nSPS) is 11.0. The molecule has 1 rings (SSSR count). The number of anilines is 1. The zero-order valence-corrected chi connectivity index (χ0v) is 11.5. The van der Waals surface area contributed by atoms with Gasteiger partial charge in [-0.3, -0.25) is 4.79 Å². The molecule has 1 aromatic carbocycles. The predicted molar refractivity (Wildman–Crippen MR) is 73.7 cm³/mol. The molecule has 0 saturated heterocycles. The lowest BCUT2D eigenvalue weighted by Gasteiger charge is -2.09. The highest BCUT2D eigenvalue weighted by molar-refractivity contribution is 7.92. The van der Waals surface area contributed by atoms with Crippen molar-refractivity contribution in [3.05, 3.63) is 41.4 Å². The van der Waals surface area contributed by atoms with Crippen LogP contribution >= 0.6 is 11.6 Å². The van der Waals surface area contributed by atoms with Crippen LogP contribution in [0.15, 0.2) is 30.9 Å². The number of carbonyl (C=O) groups excluding carboxylic acids is 1. The van der Waals surface area contributed by atoms with Gasteiger partial charge >= 0.3 is 0 Å².